The number of hydrogen-bond acceptors (Lipinski definition) is 4. The normalized spacial score (nSPS) is 20.5. The molecular formula is C17H13ClFN3O3. The van der Waals surface area contributed by atoms with Crippen LogP contribution in [0.2, 0.25) is 5.02 Å². The number of carbonyl (C=O) groups excluding carboxylic acids is 2. The first kappa shape index (κ1) is 15.7. The number of amides is 2. The Balaban J connectivity index is 1.94. The largest absolute Gasteiger partial charge is 0.497 e. The van der Waals surface area contributed by atoms with Gasteiger partial charge in [0.15, 0.2) is 0 Å². The molecule has 0 radical (unpaired) electrons. The van der Waals surface area contributed by atoms with Crippen molar-refractivity contribution in [1.82, 2.24) is 5.32 Å². The number of carbonyl (C=O) groups is 2. The number of hydrogen-bond donors (Lipinski definition) is 3. The van der Waals surface area contributed by atoms with Crippen molar-refractivity contribution in [1.29, 1.82) is 0 Å². The van der Waals surface area contributed by atoms with Crippen LogP contribution in [-0.2, 0) is 10.5 Å². The Morgan fingerprint density at radius 1 is 1.16 bits per heavy atom. The van der Waals surface area contributed by atoms with E-state index in [1.807, 2.05) is 6.92 Å². The van der Waals surface area contributed by atoms with Crippen LogP contribution in [-0.4, -0.2) is 18.9 Å². The summed E-state index contributed by atoms with van der Waals surface area (Å²) < 4.78 is 19.4. The van der Waals surface area contributed by atoms with Gasteiger partial charge in [-0.2, -0.15) is 0 Å². The monoisotopic (exact) mass is 361 g/mol. The first-order valence-corrected chi connectivity index (χ1v) is 7.84. The topological polar surface area (TPSA) is 79.5 Å². The number of rotatable bonds is 1. The molecule has 0 bridgehead atoms. The third kappa shape index (κ3) is 2.09. The SMILES string of the molecule is COc1cc(C)c2c(c1)C1(NC(=O)c3c(F)cc(Cl)cc3N1)C(=O)N2. The van der Waals surface area contributed by atoms with Gasteiger partial charge in [0, 0.05) is 10.6 Å². The molecule has 8 heteroatoms. The summed E-state index contributed by atoms with van der Waals surface area (Å²) in [6.07, 6.45) is 0. The predicted molar refractivity (Wildman–Crippen MR) is 90.5 cm³/mol. The summed E-state index contributed by atoms with van der Waals surface area (Å²) in [5.41, 5.74) is 0.251. The minimum Gasteiger partial charge on any atom is -0.497 e. The third-order valence-electron chi connectivity index (χ3n) is 4.43. The van der Waals surface area contributed by atoms with Crippen LogP contribution in [0.25, 0.3) is 0 Å². The summed E-state index contributed by atoms with van der Waals surface area (Å²) in [6.45, 7) is 1.82. The molecule has 0 saturated heterocycles. The lowest BCUT2D eigenvalue weighted by Gasteiger charge is -2.36. The van der Waals surface area contributed by atoms with E-state index < -0.39 is 23.3 Å². The molecule has 25 heavy (non-hydrogen) atoms. The van der Waals surface area contributed by atoms with E-state index in [1.54, 1.807) is 12.1 Å². The summed E-state index contributed by atoms with van der Waals surface area (Å²) in [5, 5.41) is 8.42. The zero-order chi connectivity index (χ0) is 17.9. The maximum absolute atomic E-state index is 14.1. The van der Waals surface area contributed by atoms with Gasteiger partial charge in [-0.25, -0.2) is 4.39 Å². The third-order valence-corrected chi connectivity index (χ3v) is 4.65. The van der Waals surface area contributed by atoms with Crippen LogP contribution in [0.4, 0.5) is 15.8 Å². The molecular weight excluding hydrogens is 349 g/mol. The van der Waals surface area contributed by atoms with E-state index in [0.717, 1.165) is 11.6 Å². The Kier molecular flexibility index (Phi) is 3.20. The zero-order valence-corrected chi connectivity index (χ0v) is 14.0. The molecule has 1 atom stereocenters. The molecule has 2 aromatic carbocycles. The average molecular weight is 362 g/mol. The summed E-state index contributed by atoms with van der Waals surface area (Å²) in [5.74, 6) is -1.40. The molecule has 2 aromatic rings. The quantitative estimate of drug-likeness (QED) is 0.729. The highest BCUT2D eigenvalue weighted by molar-refractivity contribution is 6.31. The summed E-state index contributed by atoms with van der Waals surface area (Å²) in [7, 11) is 1.51. The van der Waals surface area contributed by atoms with Crippen LogP contribution in [0, 0.1) is 12.7 Å². The Bertz CT molecular complexity index is 963. The first-order chi connectivity index (χ1) is 11.9. The molecule has 2 heterocycles. The highest BCUT2D eigenvalue weighted by atomic mass is 35.5. The van der Waals surface area contributed by atoms with Gasteiger partial charge in [0.2, 0.25) is 5.66 Å². The molecule has 4 rings (SSSR count). The van der Waals surface area contributed by atoms with Crippen LogP contribution in [0.5, 0.6) is 5.75 Å². The Labute approximate surface area is 147 Å². The number of nitrogens with one attached hydrogen (secondary N) is 3. The molecule has 0 saturated carbocycles. The van der Waals surface area contributed by atoms with Crippen molar-refractivity contribution in [3.8, 4) is 5.75 Å². The number of benzene rings is 2. The van der Waals surface area contributed by atoms with Crippen LogP contribution in [0.1, 0.15) is 21.5 Å². The maximum atomic E-state index is 14.1. The van der Waals surface area contributed by atoms with E-state index in [9.17, 15) is 14.0 Å². The number of fused-ring (bicyclic) bond motifs is 3. The fraction of sp³-hybridized carbons (Fsp3) is 0.176. The Morgan fingerprint density at radius 2 is 1.92 bits per heavy atom. The van der Waals surface area contributed by atoms with Gasteiger partial charge >= 0.3 is 0 Å². The smallest absolute Gasteiger partial charge is 0.275 e. The molecule has 0 fully saturated rings. The lowest BCUT2D eigenvalue weighted by atomic mass is 9.94. The number of anilines is 2. The zero-order valence-electron chi connectivity index (χ0n) is 13.3. The molecule has 2 aliphatic rings. The van der Waals surface area contributed by atoms with Gasteiger partial charge in [0.1, 0.15) is 11.6 Å². The van der Waals surface area contributed by atoms with Gasteiger partial charge in [-0.3, -0.25) is 9.59 Å². The van der Waals surface area contributed by atoms with E-state index in [-0.39, 0.29) is 16.3 Å². The average Bonchev–Trinajstić information content (AvgIpc) is 2.79. The van der Waals surface area contributed by atoms with Gasteiger partial charge in [-0.05, 0) is 36.8 Å². The molecule has 6 nitrogen and oxygen atoms in total. The molecule has 128 valence electrons. The van der Waals surface area contributed by atoms with Gasteiger partial charge < -0.3 is 20.7 Å². The van der Waals surface area contributed by atoms with E-state index >= 15 is 0 Å². The molecule has 3 N–H and O–H groups in total. The first-order valence-electron chi connectivity index (χ1n) is 7.46. The van der Waals surface area contributed by atoms with Crippen molar-refractivity contribution in [3.63, 3.8) is 0 Å². The maximum Gasteiger partial charge on any atom is 0.275 e. The second-order valence-electron chi connectivity index (χ2n) is 5.96. The van der Waals surface area contributed by atoms with E-state index in [2.05, 4.69) is 16.0 Å². The molecule has 1 unspecified atom stereocenters. The molecule has 2 amide bonds. The minimum atomic E-state index is -1.56. The lowest BCUT2D eigenvalue weighted by Crippen LogP contribution is -2.59. The fourth-order valence-electron chi connectivity index (χ4n) is 3.28. The van der Waals surface area contributed by atoms with Gasteiger partial charge in [-0.15, -0.1) is 0 Å². The lowest BCUT2D eigenvalue weighted by molar-refractivity contribution is -0.120. The van der Waals surface area contributed by atoms with Crippen LogP contribution in [0.15, 0.2) is 24.3 Å². The predicted octanol–water partition coefficient (Wildman–Crippen LogP) is 2.76. The summed E-state index contributed by atoms with van der Waals surface area (Å²) in [4.78, 5) is 25.3. The van der Waals surface area contributed by atoms with Gasteiger partial charge in [0.05, 0.1) is 24.0 Å². The summed E-state index contributed by atoms with van der Waals surface area (Å²) in [6, 6.07) is 5.89. The number of methoxy groups -OCH3 is 1. The van der Waals surface area contributed by atoms with E-state index in [0.29, 0.717) is 17.0 Å². The molecule has 2 aliphatic heterocycles. The summed E-state index contributed by atoms with van der Waals surface area (Å²) >= 11 is 5.90. The molecule has 1 spiro atoms. The van der Waals surface area contributed by atoms with Crippen molar-refractivity contribution >= 4 is 34.8 Å². The van der Waals surface area contributed by atoms with Crippen molar-refractivity contribution < 1.29 is 18.7 Å². The van der Waals surface area contributed by atoms with Crippen LogP contribution < -0.4 is 20.7 Å². The highest BCUT2D eigenvalue weighted by Gasteiger charge is 2.52. The Morgan fingerprint density at radius 3 is 2.64 bits per heavy atom. The van der Waals surface area contributed by atoms with Crippen molar-refractivity contribution in [2.24, 2.45) is 0 Å². The van der Waals surface area contributed by atoms with Crippen molar-refractivity contribution in [3.05, 3.63) is 51.8 Å². The number of ether oxygens (including phenoxy) is 1. The molecule has 0 aromatic heterocycles. The van der Waals surface area contributed by atoms with Gasteiger partial charge in [0.25, 0.3) is 11.8 Å². The van der Waals surface area contributed by atoms with Crippen molar-refractivity contribution in [2.75, 3.05) is 17.7 Å². The molecule has 0 aliphatic carbocycles. The van der Waals surface area contributed by atoms with Crippen LogP contribution in [0.3, 0.4) is 0 Å². The van der Waals surface area contributed by atoms with Gasteiger partial charge in [-0.1, -0.05) is 11.6 Å². The van der Waals surface area contributed by atoms with Crippen LogP contribution >= 0.6 is 11.6 Å². The second-order valence-corrected chi connectivity index (χ2v) is 6.40. The van der Waals surface area contributed by atoms with E-state index in [1.165, 1.54) is 13.2 Å². The van der Waals surface area contributed by atoms with Crippen molar-refractivity contribution in [2.45, 2.75) is 12.6 Å². The number of halogens is 2. The number of aryl methyl sites for hydroxylation is 1. The fourth-order valence-corrected chi connectivity index (χ4v) is 3.49. The Hall–Kier alpha value is -2.80. The standard InChI is InChI=1S/C17H13ClFN3O3/c1-7-3-9(25-2)6-10-14(7)20-16(24)17(10)21-12-5-8(18)4-11(19)13(12)15(23)22-17/h3-6,21H,1-2H3,(H,20,24)(H,22,23). The second kappa shape index (κ2) is 5.10. The highest BCUT2D eigenvalue weighted by Crippen LogP contribution is 2.44. The minimum absolute atomic E-state index is 0.119. The van der Waals surface area contributed by atoms with E-state index in [4.69, 9.17) is 16.3 Å².